The van der Waals surface area contributed by atoms with Gasteiger partial charge in [-0.15, -0.1) is 0 Å². The second kappa shape index (κ2) is 10.8. The monoisotopic (exact) mass is 351 g/mol. The first-order valence-corrected chi connectivity index (χ1v) is 8.75. The van der Waals surface area contributed by atoms with Crippen molar-refractivity contribution < 1.29 is 24.9 Å². The topological polar surface area (TPSA) is 98.1 Å². The van der Waals surface area contributed by atoms with Crippen molar-refractivity contribution in [3.05, 3.63) is 35.9 Å². The fourth-order valence-corrected chi connectivity index (χ4v) is 3.48. The zero-order valence-corrected chi connectivity index (χ0v) is 14.8. The lowest BCUT2D eigenvalue weighted by atomic mass is 9.73. The quantitative estimate of drug-likeness (QED) is 0.652. The molecule has 2 atom stereocenters. The fourth-order valence-electron chi connectivity index (χ4n) is 3.48. The van der Waals surface area contributed by atoms with E-state index in [1.165, 1.54) is 5.56 Å². The van der Waals surface area contributed by atoms with Gasteiger partial charge in [0.15, 0.2) is 0 Å². The number of hydrogen-bond acceptors (Lipinski definition) is 4. The maximum atomic E-state index is 11.6. The highest BCUT2D eigenvalue weighted by atomic mass is 16.4. The van der Waals surface area contributed by atoms with Gasteiger partial charge < -0.3 is 20.2 Å². The molecule has 0 bridgehead atoms. The normalized spacial score (nSPS) is 23.4. The average molecular weight is 351 g/mol. The van der Waals surface area contributed by atoms with E-state index in [4.69, 9.17) is 9.90 Å². The van der Waals surface area contributed by atoms with Gasteiger partial charge in [-0.2, -0.15) is 0 Å². The van der Waals surface area contributed by atoms with Gasteiger partial charge in [0.25, 0.3) is 6.47 Å². The Morgan fingerprint density at radius 2 is 2.00 bits per heavy atom. The molecule has 0 spiro atoms. The third-order valence-corrected chi connectivity index (χ3v) is 4.85. The number of aliphatic hydroxyl groups excluding tert-OH is 1. The van der Waals surface area contributed by atoms with Crippen LogP contribution in [0.2, 0.25) is 0 Å². The minimum absolute atomic E-state index is 0.250. The van der Waals surface area contributed by atoms with E-state index in [2.05, 4.69) is 17.0 Å². The Labute approximate surface area is 149 Å². The Hall–Kier alpha value is -1.92. The average Bonchev–Trinajstić information content (AvgIpc) is 2.59. The summed E-state index contributed by atoms with van der Waals surface area (Å²) in [6, 6.07) is 10.4. The lowest BCUT2D eigenvalue weighted by molar-refractivity contribution is -0.163. The van der Waals surface area contributed by atoms with Crippen LogP contribution in [0.3, 0.4) is 0 Å². The number of benzene rings is 1. The van der Waals surface area contributed by atoms with E-state index in [0.717, 1.165) is 32.4 Å². The third kappa shape index (κ3) is 6.14. The summed E-state index contributed by atoms with van der Waals surface area (Å²) in [4.78, 5) is 22.2. The van der Waals surface area contributed by atoms with E-state index in [1.807, 2.05) is 25.1 Å². The number of aliphatic hydroxyl groups is 1. The molecular weight excluding hydrogens is 322 g/mol. The number of piperidine rings is 1. The van der Waals surface area contributed by atoms with Crippen molar-refractivity contribution in [2.75, 3.05) is 19.6 Å². The van der Waals surface area contributed by atoms with Crippen molar-refractivity contribution in [1.82, 2.24) is 4.90 Å². The van der Waals surface area contributed by atoms with Gasteiger partial charge in [0.2, 0.25) is 0 Å². The number of carboxylic acids is 1. The molecular formula is C19H29NO5. The van der Waals surface area contributed by atoms with Crippen LogP contribution in [0.15, 0.2) is 30.3 Å². The zero-order valence-electron chi connectivity index (χ0n) is 14.8. The summed E-state index contributed by atoms with van der Waals surface area (Å²) in [5.41, 5.74) is 0.385. The molecule has 3 N–H and O–H groups in total. The summed E-state index contributed by atoms with van der Waals surface area (Å²) in [5, 5.41) is 26.8. The molecule has 1 heterocycles. The number of likely N-dealkylation sites (tertiary alicyclic amines) is 1. The van der Waals surface area contributed by atoms with Gasteiger partial charge in [-0.25, -0.2) is 0 Å². The molecule has 0 saturated carbocycles. The molecule has 1 fully saturated rings. The lowest BCUT2D eigenvalue weighted by Gasteiger charge is -2.42. The summed E-state index contributed by atoms with van der Waals surface area (Å²) in [6.45, 7) is 3.87. The van der Waals surface area contributed by atoms with Gasteiger partial charge in [0.05, 0.1) is 11.5 Å². The largest absolute Gasteiger partial charge is 0.483 e. The summed E-state index contributed by atoms with van der Waals surface area (Å²) >= 11 is 0. The molecule has 0 amide bonds. The molecule has 0 radical (unpaired) electrons. The molecule has 6 nitrogen and oxygen atoms in total. The molecule has 0 unspecified atom stereocenters. The number of carbonyl (C=O) groups is 2. The molecule has 6 heteroatoms. The first kappa shape index (κ1) is 21.1. The highest BCUT2D eigenvalue weighted by Gasteiger charge is 2.47. The molecule has 0 aromatic heterocycles. The fraction of sp³-hybridized carbons (Fsp3) is 0.579. The summed E-state index contributed by atoms with van der Waals surface area (Å²) in [7, 11) is 0. The van der Waals surface area contributed by atoms with Crippen LogP contribution in [-0.2, 0) is 16.0 Å². The Bertz CT molecular complexity index is 522. The van der Waals surface area contributed by atoms with Gasteiger partial charge in [-0.1, -0.05) is 43.7 Å². The number of β-amino-alcohol motifs (C(OH)–C–C–N with tert-alkyl or cyclic N) is 1. The Morgan fingerprint density at radius 3 is 2.52 bits per heavy atom. The Kier molecular flexibility index (Phi) is 9.16. The van der Waals surface area contributed by atoms with E-state index in [1.54, 1.807) is 0 Å². The van der Waals surface area contributed by atoms with Gasteiger partial charge in [-0.3, -0.25) is 9.59 Å². The molecule has 1 saturated heterocycles. The molecule has 1 aromatic rings. The van der Waals surface area contributed by atoms with Crippen LogP contribution in [0.25, 0.3) is 0 Å². The first-order chi connectivity index (χ1) is 12.0. The first-order valence-electron chi connectivity index (χ1n) is 8.75. The number of nitrogens with zero attached hydrogens (tertiary/aromatic N) is 1. The van der Waals surface area contributed by atoms with Crippen LogP contribution < -0.4 is 0 Å². The predicted molar refractivity (Wildman–Crippen MR) is 95.5 cm³/mol. The SMILES string of the molecule is CCC[C@]1(C(=O)O)CCN(CCCc2ccccc2)C[C@@H]1O.O=CO. The smallest absolute Gasteiger partial charge is 0.312 e. The Morgan fingerprint density at radius 1 is 1.36 bits per heavy atom. The second-order valence-corrected chi connectivity index (χ2v) is 6.47. The Balaban J connectivity index is 0.000000970. The molecule has 2 rings (SSSR count). The van der Waals surface area contributed by atoms with Crippen LogP contribution in [0.4, 0.5) is 0 Å². The van der Waals surface area contributed by atoms with Crippen LogP contribution in [0.5, 0.6) is 0 Å². The molecule has 25 heavy (non-hydrogen) atoms. The number of aliphatic carboxylic acids is 1. The van der Waals surface area contributed by atoms with E-state index in [-0.39, 0.29) is 6.47 Å². The number of hydrogen-bond donors (Lipinski definition) is 3. The van der Waals surface area contributed by atoms with E-state index in [9.17, 15) is 15.0 Å². The third-order valence-electron chi connectivity index (χ3n) is 4.85. The number of carboxylic acid groups (broad SMARTS) is 2. The van der Waals surface area contributed by atoms with Crippen molar-refractivity contribution >= 4 is 12.4 Å². The van der Waals surface area contributed by atoms with Crippen molar-refractivity contribution in [3.8, 4) is 0 Å². The second-order valence-electron chi connectivity index (χ2n) is 6.47. The summed E-state index contributed by atoms with van der Waals surface area (Å²) in [5.74, 6) is -0.842. The van der Waals surface area contributed by atoms with Crippen LogP contribution in [-0.4, -0.2) is 58.4 Å². The van der Waals surface area contributed by atoms with Crippen molar-refractivity contribution in [2.24, 2.45) is 5.41 Å². The summed E-state index contributed by atoms with van der Waals surface area (Å²) < 4.78 is 0. The van der Waals surface area contributed by atoms with E-state index < -0.39 is 17.5 Å². The van der Waals surface area contributed by atoms with Crippen LogP contribution in [0.1, 0.15) is 38.2 Å². The van der Waals surface area contributed by atoms with Crippen molar-refractivity contribution in [1.29, 1.82) is 0 Å². The molecule has 1 aliphatic heterocycles. The summed E-state index contributed by atoms with van der Waals surface area (Å²) in [6.07, 6.45) is 3.17. The van der Waals surface area contributed by atoms with Gasteiger partial charge in [-0.05, 0) is 44.3 Å². The maximum Gasteiger partial charge on any atom is 0.312 e. The zero-order chi connectivity index (χ0) is 18.7. The number of rotatable bonds is 7. The molecule has 140 valence electrons. The standard InChI is InChI=1S/C18H27NO3.CH2O2/c1-2-10-18(17(21)22)11-13-19(14-16(18)20)12-6-9-15-7-4-3-5-8-15;2-1-3/h3-5,7-8,16,20H,2,6,9-14H2,1H3,(H,21,22);1H,(H,2,3)/t16-,18-;/m0./s1. The molecule has 1 aromatic carbocycles. The van der Waals surface area contributed by atoms with Gasteiger partial charge in [0, 0.05) is 6.54 Å². The van der Waals surface area contributed by atoms with Crippen LogP contribution in [0, 0.1) is 5.41 Å². The van der Waals surface area contributed by atoms with E-state index in [0.29, 0.717) is 19.4 Å². The maximum absolute atomic E-state index is 11.6. The number of aryl methyl sites for hydroxylation is 1. The van der Waals surface area contributed by atoms with Crippen molar-refractivity contribution in [2.45, 2.75) is 45.1 Å². The highest BCUT2D eigenvalue weighted by Crippen LogP contribution is 2.36. The van der Waals surface area contributed by atoms with E-state index >= 15 is 0 Å². The predicted octanol–water partition coefficient (Wildman–Crippen LogP) is 2.26. The van der Waals surface area contributed by atoms with Crippen LogP contribution >= 0.6 is 0 Å². The van der Waals surface area contributed by atoms with Crippen molar-refractivity contribution in [3.63, 3.8) is 0 Å². The molecule has 1 aliphatic rings. The molecule has 0 aliphatic carbocycles. The minimum Gasteiger partial charge on any atom is -0.483 e. The minimum atomic E-state index is -0.940. The highest BCUT2D eigenvalue weighted by molar-refractivity contribution is 5.75. The lowest BCUT2D eigenvalue weighted by Crippen LogP contribution is -2.54. The van der Waals surface area contributed by atoms with Gasteiger partial charge in [0.1, 0.15) is 0 Å². The van der Waals surface area contributed by atoms with Gasteiger partial charge >= 0.3 is 5.97 Å².